The first-order valence-corrected chi connectivity index (χ1v) is 27.3. The van der Waals surface area contributed by atoms with Gasteiger partial charge in [0.15, 0.2) is 0 Å². The first-order chi connectivity index (χ1) is 36.3. The third kappa shape index (κ3) is 13.6. The lowest BCUT2D eigenvalue weighted by Gasteiger charge is -2.20. The summed E-state index contributed by atoms with van der Waals surface area (Å²) >= 11 is 0. The molecule has 78 heavy (non-hydrogen) atoms. The van der Waals surface area contributed by atoms with Crippen molar-refractivity contribution in [3.8, 4) is 23.7 Å². The van der Waals surface area contributed by atoms with Crippen LogP contribution in [-0.4, -0.2) is 66.2 Å². The number of benzene rings is 2. The molecule has 414 valence electrons. The molecular formula is C66H82N4O8. The maximum atomic E-state index is 13.7. The van der Waals surface area contributed by atoms with Gasteiger partial charge in [-0.3, -0.25) is 0 Å². The van der Waals surface area contributed by atoms with Gasteiger partial charge in [0, 0.05) is 33.9 Å². The maximum Gasteiger partial charge on any atom is 0.355 e. The van der Waals surface area contributed by atoms with E-state index >= 15 is 0 Å². The van der Waals surface area contributed by atoms with Gasteiger partial charge >= 0.3 is 23.9 Å². The molecule has 4 aromatic heterocycles. The lowest BCUT2D eigenvalue weighted by Crippen LogP contribution is -2.25. The smallest absolute Gasteiger partial charge is 0.355 e. The van der Waals surface area contributed by atoms with Crippen LogP contribution in [0.15, 0.2) is 48.5 Å². The second kappa shape index (κ2) is 23.3. The first-order valence-electron chi connectivity index (χ1n) is 27.3. The molecule has 0 saturated carbocycles. The number of aromatic amines is 4. The van der Waals surface area contributed by atoms with Crippen molar-refractivity contribution in [2.45, 2.75) is 198 Å². The number of carbonyl (C=O) groups is 4. The highest BCUT2D eigenvalue weighted by Crippen LogP contribution is 2.41. The summed E-state index contributed by atoms with van der Waals surface area (Å²) in [7, 11) is 0. The average molecular weight is 1060 g/mol. The van der Waals surface area contributed by atoms with E-state index in [1.54, 1.807) is 0 Å². The molecular weight excluding hydrogens is 977 g/mol. The number of aromatic nitrogens is 4. The Kier molecular flexibility index (Phi) is 17.8. The quantitative estimate of drug-likeness (QED) is 0.0475. The molecule has 2 aromatic carbocycles. The van der Waals surface area contributed by atoms with Crippen LogP contribution in [0.1, 0.15) is 254 Å². The second-order valence-corrected chi connectivity index (χ2v) is 24.1. The van der Waals surface area contributed by atoms with Crippen LogP contribution in [0.5, 0.6) is 0 Å². The second-order valence-electron chi connectivity index (χ2n) is 24.1. The van der Waals surface area contributed by atoms with E-state index in [0.717, 1.165) is 89.5 Å². The molecule has 0 bridgehead atoms. The van der Waals surface area contributed by atoms with E-state index in [1.165, 1.54) is 0 Å². The number of ether oxygens (including phenoxy) is 4. The summed E-state index contributed by atoms with van der Waals surface area (Å²) in [4.78, 5) is 68.8. The van der Waals surface area contributed by atoms with Gasteiger partial charge in [0.25, 0.3) is 0 Å². The van der Waals surface area contributed by atoms with Crippen molar-refractivity contribution in [1.29, 1.82) is 0 Å². The zero-order valence-electron chi connectivity index (χ0n) is 49.9. The number of rotatable bonds is 14. The van der Waals surface area contributed by atoms with Gasteiger partial charge in [0.05, 0.1) is 11.8 Å². The predicted molar refractivity (Wildman–Crippen MR) is 309 cm³/mol. The lowest BCUT2D eigenvalue weighted by atomic mass is 9.87. The Hall–Kier alpha value is -7.44. The topological polar surface area (TPSA) is 168 Å². The van der Waals surface area contributed by atoms with Gasteiger partial charge in [-0.05, 0) is 228 Å². The molecule has 0 unspecified atom stereocenters. The van der Waals surface area contributed by atoms with Crippen LogP contribution in [0.2, 0.25) is 0 Å². The summed E-state index contributed by atoms with van der Waals surface area (Å²) in [5.41, 5.74) is 12.7. The summed E-state index contributed by atoms with van der Waals surface area (Å²) in [5, 5.41) is 0. The maximum absolute atomic E-state index is 13.7. The fraction of sp³-hybridized carbons (Fsp3) is 0.455. The molecule has 0 saturated heterocycles. The van der Waals surface area contributed by atoms with Gasteiger partial charge in [-0.2, -0.15) is 0 Å². The Bertz CT molecular complexity index is 2950. The van der Waals surface area contributed by atoms with Crippen molar-refractivity contribution in [1.82, 2.24) is 19.9 Å². The first kappa shape index (κ1) is 59.8. The van der Waals surface area contributed by atoms with E-state index in [0.29, 0.717) is 48.5 Å². The van der Waals surface area contributed by atoms with Crippen LogP contribution in [0.4, 0.5) is 0 Å². The highest BCUT2D eigenvalue weighted by atomic mass is 16.6. The third-order valence-electron chi connectivity index (χ3n) is 13.6. The zero-order chi connectivity index (χ0) is 58.0. The van der Waals surface area contributed by atoms with Gasteiger partial charge in [0.1, 0.15) is 45.2 Å². The van der Waals surface area contributed by atoms with E-state index in [2.05, 4.69) is 43.6 Å². The van der Waals surface area contributed by atoms with Crippen molar-refractivity contribution in [2.75, 3.05) is 0 Å². The molecule has 0 spiro atoms. The Balaban J connectivity index is 1.38. The number of hydrogen-bond donors (Lipinski definition) is 4. The van der Waals surface area contributed by atoms with Gasteiger partial charge in [0.2, 0.25) is 0 Å². The standard InChI is InChI=1S/C66H82N4O8/c1-21-45-37(5)51(67-55(45)59(71)75-63(9,10)11)49(52-38(6)46(22-2)56(68-52)60(72)76-64(12,13)14)43-33-29-41(30-34-43)27-25-26-28-42-31-35-44(36-32-42)50(53-39(7)47(23-3)57(69-53)61(73)77-65(15,16)17)54-40(8)48(24-4)58(70-54)62(74)78-66(18,19)20/h29-36,49-50,67-70H,21-24H2,1-20H3. The van der Waals surface area contributed by atoms with Crippen molar-refractivity contribution in [2.24, 2.45) is 0 Å². The van der Waals surface area contributed by atoms with Crippen molar-refractivity contribution >= 4 is 23.9 Å². The molecule has 4 N–H and O–H groups in total. The van der Waals surface area contributed by atoms with Gasteiger partial charge in [-0.15, -0.1) is 0 Å². The van der Waals surface area contributed by atoms with E-state index < -0.39 is 58.1 Å². The minimum Gasteiger partial charge on any atom is -0.455 e. The summed E-state index contributed by atoms with van der Waals surface area (Å²) in [6.07, 6.45) is 2.42. The number of carbonyl (C=O) groups excluding carboxylic acids is 4. The van der Waals surface area contributed by atoms with Gasteiger partial charge < -0.3 is 38.9 Å². The fourth-order valence-corrected chi connectivity index (χ4v) is 10.2. The predicted octanol–water partition coefficient (Wildman–Crippen LogP) is 14.1. The third-order valence-corrected chi connectivity index (χ3v) is 13.6. The summed E-state index contributed by atoms with van der Waals surface area (Å²) in [6, 6.07) is 15.9. The SMILES string of the molecule is CCc1c(C(=O)OC(C)(C)C)[nH]c(C(c2ccc(C#CC#Cc3ccc(C(c4[nH]c(C(=O)OC(C)(C)C)c(CC)c4C)c4[nH]c(C(=O)OC(C)(C)C)c(CC)c4C)cc3)cc2)c2[nH]c(C(=O)OC(C)(C)C)c(CC)c2C)c1C. The summed E-state index contributed by atoms with van der Waals surface area (Å²) in [6.45, 7) is 38.4. The molecule has 0 amide bonds. The molecule has 6 aromatic rings. The molecule has 4 heterocycles. The molecule has 12 heteroatoms. The Morgan fingerprint density at radius 1 is 0.385 bits per heavy atom. The van der Waals surface area contributed by atoms with Crippen LogP contribution >= 0.6 is 0 Å². The minimum atomic E-state index is -0.692. The molecule has 0 fully saturated rings. The van der Waals surface area contributed by atoms with E-state index in [-0.39, 0.29) is 0 Å². The monoisotopic (exact) mass is 1060 g/mol. The Morgan fingerprint density at radius 2 is 0.590 bits per heavy atom. The lowest BCUT2D eigenvalue weighted by molar-refractivity contribution is 0.00496. The summed E-state index contributed by atoms with van der Waals surface area (Å²) < 4.78 is 23.5. The Labute approximate surface area is 463 Å². The number of H-pyrrole nitrogens is 4. The van der Waals surface area contributed by atoms with Gasteiger partial charge in [-0.1, -0.05) is 63.8 Å². The van der Waals surface area contributed by atoms with Crippen LogP contribution in [0.25, 0.3) is 0 Å². The number of esters is 4. The van der Waals surface area contributed by atoms with Crippen molar-refractivity contribution in [3.05, 3.63) is 161 Å². The van der Waals surface area contributed by atoms with Gasteiger partial charge in [-0.25, -0.2) is 19.2 Å². The largest absolute Gasteiger partial charge is 0.455 e. The van der Waals surface area contributed by atoms with Crippen LogP contribution < -0.4 is 0 Å². The molecule has 6 rings (SSSR count). The molecule has 0 aliphatic heterocycles. The van der Waals surface area contributed by atoms with E-state index in [1.807, 2.05) is 187 Å². The van der Waals surface area contributed by atoms with E-state index in [9.17, 15) is 19.2 Å². The normalized spacial score (nSPS) is 12.0. The van der Waals surface area contributed by atoms with Crippen LogP contribution in [-0.2, 0) is 44.6 Å². The van der Waals surface area contributed by atoms with Crippen LogP contribution in [0, 0.1) is 51.4 Å². The number of hydrogen-bond acceptors (Lipinski definition) is 8. The molecule has 0 atom stereocenters. The fourth-order valence-electron chi connectivity index (χ4n) is 10.2. The molecule has 12 nitrogen and oxygen atoms in total. The summed E-state index contributed by atoms with van der Waals surface area (Å²) in [5.74, 6) is 9.95. The Morgan fingerprint density at radius 3 is 0.769 bits per heavy atom. The highest BCUT2D eigenvalue weighted by Gasteiger charge is 2.35. The average Bonchev–Trinajstić information content (AvgIpc) is 4.18. The van der Waals surface area contributed by atoms with Crippen molar-refractivity contribution in [3.63, 3.8) is 0 Å². The highest BCUT2D eigenvalue weighted by molar-refractivity contribution is 5.93. The van der Waals surface area contributed by atoms with Crippen molar-refractivity contribution < 1.29 is 38.1 Å². The van der Waals surface area contributed by atoms with E-state index in [4.69, 9.17) is 18.9 Å². The zero-order valence-corrected chi connectivity index (χ0v) is 49.9. The van der Waals surface area contributed by atoms with Crippen LogP contribution in [0.3, 0.4) is 0 Å². The molecule has 0 aliphatic carbocycles. The minimum absolute atomic E-state index is 0.415. The number of nitrogens with one attached hydrogen (secondary N) is 4. The molecule has 0 radical (unpaired) electrons. The molecule has 0 aliphatic rings.